The summed E-state index contributed by atoms with van der Waals surface area (Å²) in [7, 11) is 0. The zero-order chi connectivity index (χ0) is 20.5. The average molecular weight is 424 g/mol. The van der Waals surface area contributed by atoms with Gasteiger partial charge in [0, 0.05) is 12.1 Å². The Bertz CT molecular complexity index is 1120. The lowest BCUT2D eigenvalue weighted by Gasteiger charge is -2.18. The molecule has 0 bridgehead atoms. The van der Waals surface area contributed by atoms with Gasteiger partial charge in [-0.1, -0.05) is 29.8 Å². The number of halogens is 1. The van der Waals surface area contributed by atoms with Crippen LogP contribution in [0.1, 0.15) is 24.3 Å². The van der Waals surface area contributed by atoms with Gasteiger partial charge in [0.2, 0.25) is 24.5 Å². The Hall–Kier alpha value is -3.32. The molecule has 0 saturated heterocycles. The molecule has 1 aromatic heterocycles. The van der Waals surface area contributed by atoms with Crippen LogP contribution in [-0.4, -0.2) is 33.8 Å². The molecule has 1 aliphatic heterocycles. The number of carbonyl (C=O) groups excluding carboxylic acids is 1. The van der Waals surface area contributed by atoms with Gasteiger partial charge in [0.15, 0.2) is 11.5 Å². The van der Waals surface area contributed by atoms with Gasteiger partial charge in [-0.05, 0) is 48.7 Å². The van der Waals surface area contributed by atoms with E-state index in [-0.39, 0.29) is 25.3 Å². The van der Waals surface area contributed by atoms with Crippen LogP contribution in [0.15, 0.2) is 53.0 Å². The summed E-state index contributed by atoms with van der Waals surface area (Å²) in [5.74, 6) is 2.01. The maximum absolute atomic E-state index is 12.8. The van der Waals surface area contributed by atoms with Gasteiger partial charge < -0.3 is 18.8 Å². The quantitative estimate of drug-likeness (QED) is 0.549. The van der Waals surface area contributed by atoms with E-state index in [0.29, 0.717) is 33.9 Å². The van der Waals surface area contributed by atoms with Crippen LogP contribution in [0.3, 0.4) is 0 Å². The summed E-state index contributed by atoms with van der Waals surface area (Å²) in [6.07, 6.45) is 5.26. The third kappa shape index (κ3) is 3.89. The highest BCUT2D eigenvalue weighted by Crippen LogP contribution is 2.33. The Balaban J connectivity index is 1.30. The van der Waals surface area contributed by atoms with E-state index in [4.69, 9.17) is 25.5 Å². The van der Waals surface area contributed by atoms with E-state index in [1.165, 1.54) is 0 Å². The largest absolute Gasteiger partial charge is 0.454 e. The fourth-order valence-corrected chi connectivity index (χ4v) is 3.48. The van der Waals surface area contributed by atoms with Gasteiger partial charge in [0.05, 0.1) is 17.1 Å². The Kier molecular flexibility index (Phi) is 4.88. The Labute approximate surface area is 177 Å². The van der Waals surface area contributed by atoms with Crippen LogP contribution >= 0.6 is 11.6 Å². The molecule has 0 atom stereocenters. The fourth-order valence-electron chi connectivity index (χ4n) is 3.26. The molecule has 0 N–H and O–H groups in total. The fraction of sp³-hybridized carbons (Fsp3) is 0.227. The number of ether oxygens (including phenoxy) is 2. The highest BCUT2D eigenvalue weighted by atomic mass is 35.5. The minimum atomic E-state index is -0.104. The summed E-state index contributed by atoms with van der Waals surface area (Å²) in [5.41, 5.74) is 1.53. The summed E-state index contributed by atoms with van der Waals surface area (Å²) in [4.78, 5) is 14.6. The second-order valence-electron chi connectivity index (χ2n) is 7.12. The zero-order valence-corrected chi connectivity index (χ0v) is 16.7. The molecule has 30 heavy (non-hydrogen) atoms. The highest BCUT2D eigenvalue weighted by Gasteiger charge is 2.33. The number of rotatable bonds is 6. The number of benzene rings is 2. The maximum Gasteiger partial charge on any atom is 0.249 e. The van der Waals surface area contributed by atoms with Crippen LogP contribution in [-0.2, 0) is 11.3 Å². The van der Waals surface area contributed by atoms with Gasteiger partial charge >= 0.3 is 0 Å². The van der Waals surface area contributed by atoms with Gasteiger partial charge in [0.1, 0.15) is 0 Å². The van der Waals surface area contributed by atoms with Crippen LogP contribution in [0.2, 0.25) is 5.02 Å². The molecular weight excluding hydrogens is 406 g/mol. The lowest BCUT2D eigenvalue weighted by molar-refractivity contribution is -0.127. The van der Waals surface area contributed by atoms with E-state index in [2.05, 4.69) is 10.2 Å². The summed E-state index contributed by atoms with van der Waals surface area (Å²) in [5, 5.41) is 8.72. The molecule has 152 valence electrons. The van der Waals surface area contributed by atoms with Crippen molar-refractivity contribution in [1.29, 1.82) is 0 Å². The number of nitrogens with zero attached hydrogens (tertiary/aromatic N) is 3. The number of fused-ring (bicyclic) bond motifs is 1. The van der Waals surface area contributed by atoms with Gasteiger partial charge in [-0.2, -0.15) is 0 Å². The van der Waals surface area contributed by atoms with Crippen LogP contribution < -0.4 is 9.47 Å². The molecule has 2 aliphatic rings. The van der Waals surface area contributed by atoms with Crippen molar-refractivity contribution in [3.8, 4) is 23.0 Å². The van der Waals surface area contributed by atoms with Crippen molar-refractivity contribution in [2.24, 2.45) is 0 Å². The summed E-state index contributed by atoms with van der Waals surface area (Å²) in [6.45, 7) is 0.476. The Morgan fingerprint density at radius 1 is 1.13 bits per heavy atom. The van der Waals surface area contributed by atoms with Gasteiger partial charge in [0.25, 0.3) is 0 Å². The molecule has 5 rings (SSSR count). The van der Waals surface area contributed by atoms with Crippen LogP contribution in [0.4, 0.5) is 0 Å². The number of hydrogen-bond donors (Lipinski definition) is 0. The van der Waals surface area contributed by atoms with Crippen LogP contribution in [0.5, 0.6) is 11.5 Å². The first-order valence-corrected chi connectivity index (χ1v) is 10.0. The van der Waals surface area contributed by atoms with Crippen molar-refractivity contribution < 1.29 is 18.7 Å². The smallest absolute Gasteiger partial charge is 0.249 e. The van der Waals surface area contributed by atoms with Gasteiger partial charge in [-0.25, -0.2) is 0 Å². The molecule has 0 unspecified atom stereocenters. The summed E-state index contributed by atoms with van der Waals surface area (Å²) >= 11 is 6.20. The first-order valence-electron chi connectivity index (χ1n) is 9.63. The number of hydrogen-bond acceptors (Lipinski definition) is 6. The van der Waals surface area contributed by atoms with E-state index < -0.39 is 0 Å². The normalized spacial score (nSPS) is 15.0. The average Bonchev–Trinajstić information content (AvgIpc) is 3.30. The Morgan fingerprint density at radius 3 is 2.80 bits per heavy atom. The first-order chi connectivity index (χ1) is 14.7. The van der Waals surface area contributed by atoms with Crippen molar-refractivity contribution >= 4 is 23.6 Å². The molecule has 0 radical (unpaired) electrons. The van der Waals surface area contributed by atoms with E-state index in [1.54, 1.807) is 23.1 Å². The molecule has 8 heteroatoms. The second kappa shape index (κ2) is 7.84. The molecule has 7 nitrogen and oxygen atoms in total. The van der Waals surface area contributed by atoms with Crippen molar-refractivity contribution in [3.05, 3.63) is 65.0 Å². The van der Waals surface area contributed by atoms with Gasteiger partial charge in [-0.15, -0.1) is 10.2 Å². The molecule has 3 aromatic rings. The third-order valence-corrected chi connectivity index (χ3v) is 5.29. The lowest BCUT2D eigenvalue weighted by atomic mass is 10.2. The SMILES string of the molecule is O=C(C=Cc1ccc2c(c1)OCO2)N(Cc1nnc(-c2ccccc2Cl)o1)C1CC1. The van der Waals surface area contributed by atoms with E-state index >= 15 is 0 Å². The van der Waals surface area contributed by atoms with Crippen molar-refractivity contribution in [3.63, 3.8) is 0 Å². The topological polar surface area (TPSA) is 77.7 Å². The molecule has 0 spiro atoms. The number of amides is 1. The number of carbonyl (C=O) groups is 1. The summed E-state index contributed by atoms with van der Waals surface area (Å²) in [6, 6.07) is 13.0. The Morgan fingerprint density at radius 2 is 1.97 bits per heavy atom. The standard InChI is InChI=1S/C22H18ClN3O4/c23-17-4-2-1-3-16(17)22-25-24-20(30-22)12-26(15-7-8-15)21(27)10-6-14-5-9-18-19(11-14)29-13-28-18/h1-6,9-11,15H,7-8,12-13H2. The first kappa shape index (κ1) is 18.7. The second-order valence-corrected chi connectivity index (χ2v) is 7.53. The van der Waals surface area contributed by atoms with E-state index in [9.17, 15) is 4.79 Å². The molecular formula is C22H18ClN3O4. The zero-order valence-electron chi connectivity index (χ0n) is 16.0. The number of aromatic nitrogens is 2. The summed E-state index contributed by atoms with van der Waals surface area (Å²) < 4.78 is 16.5. The van der Waals surface area contributed by atoms with E-state index in [0.717, 1.165) is 18.4 Å². The predicted octanol–water partition coefficient (Wildman–Crippen LogP) is 4.32. The molecule has 1 fully saturated rings. The highest BCUT2D eigenvalue weighted by molar-refractivity contribution is 6.33. The maximum atomic E-state index is 12.8. The van der Waals surface area contributed by atoms with Crippen molar-refractivity contribution in [2.45, 2.75) is 25.4 Å². The minimum absolute atomic E-state index is 0.104. The van der Waals surface area contributed by atoms with Gasteiger partial charge in [-0.3, -0.25) is 4.79 Å². The monoisotopic (exact) mass is 423 g/mol. The molecule has 1 saturated carbocycles. The minimum Gasteiger partial charge on any atom is -0.454 e. The molecule has 2 aromatic carbocycles. The van der Waals surface area contributed by atoms with Crippen LogP contribution in [0, 0.1) is 0 Å². The van der Waals surface area contributed by atoms with E-state index in [1.807, 2.05) is 36.4 Å². The lowest BCUT2D eigenvalue weighted by Crippen LogP contribution is -2.31. The molecule has 2 heterocycles. The molecule has 1 aliphatic carbocycles. The van der Waals surface area contributed by atoms with Crippen LogP contribution in [0.25, 0.3) is 17.5 Å². The predicted molar refractivity (Wildman–Crippen MR) is 110 cm³/mol. The molecule has 1 amide bonds. The third-order valence-electron chi connectivity index (χ3n) is 4.96. The van der Waals surface area contributed by atoms with Crippen molar-refractivity contribution in [1.82, 2.24) is 15.1 Å². The van der Waals surface area contributed by atoms with Crippen molar-refractivity contribution in [2.75, 3.05) is 6.79 Å².